The molecular weight excluding hydrogens is 354 g/mol. The van der Waals surface area contributed by atoms with Gasteiger partial charge in [0.15, 0.2) is 11.5 Å². The fraction of sp³-hybridized carbons (Fsp3) is 0.318. The molecule has 2 amide bonds. The van der Waals surface area contributed by atoms with Crippen LogP contribution in [0.25, 0.3) is 11.1 Å². The molecule has 1 fully saturated rings. The molecule has 0 bridgehead atoms. The lowest BCUT2D eigenvalue weighted by Gasteiger charge is -2.20. The number of hydrogen-bond acceptors (Lipinski definition) is 4. The third kappa shape index (κ3) is 4.06. The molecule has 28 heavy (non-hydrogen) atoms. The summed E-state index contributed by atoms with van der Waals surface area (Å²) in [5.74, 6) is 0.459. The number of fused-ring (bicyclic) bond motifs is 1. The summed E-state index contributed by atoms with van der Waals surface area (Å²) < 4.78 is 5.45. The van der Waals surface area contributed by atoms with Crippen LogP contribution in [-0.4, -0.2) is 16.8 Å². The van der Waals surface area contributed by atoms with Gasteiger partial charge >= 0.3 is 0 Å². The smallest absolute Gasteiger partial charge is 0.255 e. The molecule has 0 saturated heterocycles. The average molecular weight is 377 g/mol. The SMILES string of the molecule is Cc1nc2cc(NC(=O)c3cccc(NC(=O)C4CCCCC4)c3)ccc2o1. The third-order valence-electron chi connectivity index (χ3n) is 5.12. The number of carbonyl (C=O) groups is 2. The van der Waals surface area contributed by atoms with Crippen LogP contribution in [0.3, 0.4) is 0 Å². The van der Waals surface area contributed by atoms with Crippen LogP contribution in [0.5, 0.6) is 0 Å². The summed E-state index contributed by atoms with van der Waals surface area (Å²) in [7, 11) is 0. The van der Waals surface area contributed by atoms with Crippen LogP contribution in [0.4, 0.5) is 11.4 Å². The van der Waals surface area contributed by atoms with Crippen molar-refractivity contribution in [1.82, 2.24) is 4.98 Å². The second-order valence-electron chi connectivity index (χ2n) is 7.27. The molecular formula is C22H23N3O3. The van der Waals surface area contributed by atoms with Crippen molar-refractivity contribution in [2.75, 3.05) is 10.6 Å². The number of nitrogens with one attached hydrogen (secondary N) is 2. The molecule has 1 aromatic heterocycles. The summed E-state index contributed by atoms with van der Waals surface area (Å²) in [6, 6.07) is 12.3. The number of oxazole rings is 1. The summed E-state index contributed by atoms with van der Waals surface area (Å²) >= 11 is 0. The van der Waals surface area contributed by atoms with Gasteiger partial charge in [0.05, 0.1) is 0 Å². The van der Waals surface area contributed by atoms with E-state index in [1.54, 1.807) is 43.3 Å². The summed E-state index contributed by atoms with van der Waals surface area (Å²) in [5, 5.41) is 5.83. The molecule has 1 aliphatic rings. The maximum atomic E-state index is 12.6. The van der Waals surface area contributed by atoms with Crippen LogP contribution >= 0.6 is 0 Å². The number of anilines is 2. The maximum absolute atomic E-state index is 12.6. The lowest BCUT2D eigenvalue weighted by molar-refractivity contribution is -0.120. The predicted octanol–water partition coefficient (Wildman–Crippen LogP) is 4.91. The highest BCUT2D eigenvalue weighted by Gasteiger charge is 2.21. The van der Waals surface area contributed by atoms with Crippen LogP contribution in [0.15, 0.2) is 46.9 Å². The molecule has 2 N–H and O–H groups in total. The summed E-state index contributed by atoms with van der Waals surface area (Å²) in [6.07, 6.45) is 5.30. The molecule has 0 spiro atoms. The van der Waals surface area contributed by atoms with Gasteiger partial charge in [-0.1, -0.05) is 25.3 Å². The molecule has 0 aliphatic heterocycles. The van der Waals surface area contributed by atoms with Crippen LogP contribution in [-0.2, 0) is 4.79 Å². The second-order valence-corrected chi connectivity index (χ2v) is 7.27. The Labute approximate surface area is 163 Å². The van der Waals surface area contributed by atoms with Gasteiger partial charge in [-0.25, -0.2) is 4.98 Å². The van der Waals surface area contributed by atoms with Gasteiger partial charge in [-0.05, 0) is 49.2 Å². The molecule has 6 nitrogen and oxygen atoms in total. The zero-order valence-corrected chi connectivity index (χ0v) is 15.8. The van der Waals surface area contributed by atoms with Gasteiger partial charge in [0.1, 0.15) is 5.52 Å². The fourth-order valence-electron chi connectivity index (χ4n) is 3.67. The van der Waals surface area contributed by atoms with Crippen molar-refractivity contribution >= 4 is 34.3 Å². The Bertz CT molecular complexity index is 1020. The Hall–Kier alpha value is -3.15. The minimum Gasteiger partial charge on any atom is -0.441 e. The monoisotopic (exact) mass is 377 g/mol. The van der Waals surface area contributed by atoms with Gasteiger partial charge in [-0.2, -0.15) is 0 Å². The van der Waals surface area contributed by atoms with Crippen molar-refractivity contribution in [1.29, 1.82) is 0 Å². The normalized spacial score (nSPS) is 14.8. The van der Waals surface area contributed by atoms with E-state index in [2.05, 4.69) is 15.6 Å². The van der Waals surface area contributed by atoms with E-state index in [0.29, 0.717) is 33.9 Å². The first-order valence-electron chi connectivity index (χ1n) is 9.68. The molecule has 144 valence electrons. The molecule has 1 heterocycles. The number of aryl methyl sites for hydroxylation is 1. The van der Waals surface area contributed by atoms with Gasteiger partial charge in [0.25, 0.3) is 5.91 Å². The lowest BCUT2D eigenvalue weighted by atomic mass is 9.88. The van der Waals surface area contributed by atoms with Crippen LogP contribution in [0.1, 0.15) is 48.4 Å². The number of nitrogens with zero attached hydrogens (tertiary/aromatic N) is 1. The Morgan fingerprint density at radius 2 is 1.79 bits per heavy atom. The van der Waals surface area contributed by atoms with E-state index in [1.165, 1.54) is 6.42 Å². The molecule has 1 saturated carbocycles. The number of aromatic nitrogens is 1. The van der Waals surface area contributed by atoms with Gasteiger partial charge in [-0.15, -0.1) is 0 Å². The van der Waals surface area contributed by atoms with E-state index in [-0.39, 0.29) is 17.7 Å². The summed E-state index contributed by atoms with van der Waals surface area (Å²) in [4.78, 5) is 29.3. The highest BCUT2D eigenvalue weighted by molar-refractivity contribution is 6.06. The van der Waals surface area contributed by atoms with E-state index in [9.17, 15) is 9.59 Å². The first-order valence-corrected chi connectivity index (χ1v) is 9.68. The van der Waals surface area contributed by atoms with Crippen molar-refractivity contribution in [2.24, 2.45) is 5.92 Å². The maximum Gasteiger partial charge on any atom is 0.255 e. The number of hydrogen-bond donors (Lipinski definition) is 2. The number of rotatable bonds is 4. The van der Waals surface area contributed by atoms with E-state index < -0.39 is 0 Å². The van der Waals surface area contributed by atoms with Crippen molar-refractivity contribution in [2.45, 2.75) is 39.0 Å². The fourth-order valence-corrected chi connectivity index (χ4v) is 3.67. The molecule has 0 radical (unpaired) electrons. The van der Waals surface area contributed by atoms with Crippen LogP contribution in [0, 0.1) is 12.8 Å². The zero-order chi connectivity index (χ0) is 19.5. The Morgan fingerprint density at radius 1 is 1.00 bits per heavy atom. The van der Waals surface area contributed by atoms with Crippen molar-refractivity contribution in [3.63, 3.8) is 0 Å². The Kier molecular flexibility index (Phi) is 5.10. The molecule has 2 aromatic carbocycles. The van der Waals surface area contributed by atoms with Gasteiger partial charge in [0.2, 0.25) is 5.91 Å². The minimum absolute atomic E-state index is 0.0455. The molecule has 4 rings (SSSR count). The third-order valence-corrected chi connectivity index (χ3v) is 5.12. The quantitative estimate of drug-likeness (QED) is 0.677. The topological polar surface area (TPSA) is 84.2 Å². The van der Waals surface area contributed by atoms with E-state index in [0.717, 1.165) is 25.7 Å². The van der Waals surface area contributed by atoms with Gasteiger partial charge < -0.3 is 15.1 Å². The highest BCUT2D eigenvalue weighted by Crippen LogP contribution is 2.25. The number of benzene rings is 2. The standard InChI is InChI=1S/C22H23N3O3/c1-14-23-19-13-18(10-11-20(19)28-14)25-22(27)16-8-5-9-17(12-16)24-21(26)15-6-3-2-4-7-15/h5,8-13,15H,2-4,6-7H2,1H3,(H,24,26)(H,25,27). The highest BCUT2D eigenvalue weighted by atomic mass is 16.3. The average Bonchev–Trinajstić information content (AvgIpc) is 3.08. The molecule has 0 unspecified atom stereocenters. The van der Waals surface area contributed by atoms with Crippen molar-refractivity contribution in [3.05, 3.63) is 53.9 Å². The van der Waals surface area contributed by atoms with E-state index in [4.69, 9.17) is 4.42 Å². The predicted molar refractivity (Wildman–Crippen MR) is 108 cm³/mol. The van der Waals surface area contributed by atoms with Crippen molar-refractivity contribution in [3.8, 4) is 0 Å². The summed E-state index contributed by atoms with van der Waals surface area (Å²) in [6.45, 7) is 1.78. The van der Waals surface area contributed by atoms with Gasteiger partial charge in [-0.3, -0.25) is 9.59 Å². The number of amides is 2. The van der Waals surface area contributed by atoms with Gasteiger partial charge in [0, 0.05) is 29.8 Å². The second kappa shape index (κ2) is 7.84. The number of carbonyl (C=O) groups excluding carboxylic acids is 2. The van der Waals surface area contributed by atoms with Crippen LogP contribution < -0.4 is 10.6 Å². The molecule has 3 aromatic rings. The van der Waals surface area contributed by atoms with Crippen LogP contribution in [0.2, 0.25) is 0 Å². The molecule has 6 heteroatoms. The Balaban J connectivity index is 1.45. The Morgan fingerprint density at radius 3 is 2.61 bits per heavy atom. The minimum atomic E-state index is -0.242. The first-order chi connectivity index (χ1) is 13.6. The van der Waals surface area contributed by atoms with E-state index in [1.807, 2.05) is 6.07 Å². The summed E-state index contributed by atoms with van der Waals surface area (Å²) in [5.41, 5.74) is 3.15. The first kappa shape index (κ1) is 18.2. The molecule has 0 atom stereocenters. The zero-order valence-electron chi connectivity index (χ0n) is 15.8. The largest absolute Gasteiger partial charge is 0.441 e. The molecule has 1 aliphatic carbocycles. The van der Waals surface area contributed by atoms with Crippen molar-refractivity contribution < 1.29 is 14.0 Å². The lowest BCUT2D eigenvalue weighted by Crippen LogP contribution is -2.24. The van der Waals surface area contributed by atoms with E-state index >= 15 is 0 Å².